The molecular weight excluding hydrogens is 140 g/mol. The van der Waals surface area contributed by atoms with Gasteiger partial charge in [0.2, 0.25) is 0 Å². The fraction of sp³-hybridized carbons (Fsp3) is 0.500. The largest absolute Gasteiger partial charge is 0.298 e. The van der Waals surface area contributed by atoms with Crippen molar-refractivity contribution in [3.8, 4) is 0 Å². The summed E-state index contributed by atoms with van der Waals surface area (Å²) in [6, 6.07) is 1.96. The molecule has 0 amide bonds. The number of hydrogen-bond acceptors (Lipinski definition) is 2. The highest BCUT2D eigenvalue weighted by molar-refractivity contribution is 5.75. The zero-order valence-electron chi connectivity index (χ0n) is 7.09. The Hall–Kier alpha value is -1.12. The van der Waals surface area contributed by atoms with Crippen molar-refractivity contribution >= 4 is 5.78 Å². The molecule has 0 unspecified atom stereocenters. The maximum Gasteiger partial charge on any atom is 0.151 e. The van der Waals surface area contributed by atoms with Crippen LogP contribution in [0.3, 0.4) is 0 Å². The molecule has 1 rings (SSSR count). The summed E-state index contributed by atoms with van der Waals surface area (Å²) in [6.45, 7) is 5.82. The first kappa shape index (κ1) is 7.98. The van der Waals surface area contributed by atoms with Gasteiger partial charge in [0, 0.05) is 5.69 Å². The standard InChI is InChI=1S/C8H12N2O/c1-6-4-7(2)10(9-6)5-8(3)11/h4H,5H2,1-3H3. The Kier molecular flexibility index (Phi) is 2.08. The molecule has 0 saturated carbocycles. The Bertz CT molecular complexity index is 276. The van der Waals surface area contributed by atoms with Crippen LogP contribution in [-0.2, 0) is 11.3 Å². The number of aromatic nitrogens is 2. The summed E-state index contributed by atoms with van der Waals surface area (Å²) in [5.74, 6) is 0.135. The highest BCUT2D eigenvalue weighted by Gasteiger charge is 2.01. The molecule has 0 saturated heterocycles. The summed E-state index contributed by atoms with van der Waals surface area (Å²) in [5.41, 5.74) is 2.00. The Balaban J connectivity index is 2.85. The quantitative estimate of drug-likeness (QED) is 0.635. The first-order chi connectivity index (χ1) is 5.09. The van der Waals surface area contributed by atoms with Crippen LogP contribution >= 0.6 is 0 Å². The van der Waals surface area contributed by atoms with Crippen LogP contribution in [0.1, 0.15) is 18.3 Å². The summed E-state index contributed by atoms with van der Waals surface area (Å²) in [6.07, 6.45) is 0. The molecule has 0 aliphatic carbocycles. The van der Waals surface area contributed by atoms with Crippen LogP contribution < -0.4 is 0 Å². The van der Waals surface area contributed by atoms with Crippen LogP contribution in [-0.4, -0.2) is 15.6 Å². The lowest BCUT2D eigenvalue weighted by molar-refractivity contribution is -0.117. The minimum absolute atomic E-state index is 0.135. The van der Waals surface area contributed by atoms with E-state index >= 15 is 0 Å². The molecule has 3 heteroatoms. The summed E-state index contributed by atoms with van der Waals surface area (Å²) in [4.78, 5) is 10.7. The number of ketones is 1. The number of hydrogen-bond donors (Lipinski definition) is 0. The smallest absolute Gasteiger partial charge is 0.151 e. The zero-order chi connectivity index (χ0) is 8.43. The van der Waals surface area contributed by atoms with Crippen molar-refractivity contribution in [3.05, 3.63) is 17.5 Å². The van der Waals surface area contributed by atoms with Crippen LogP contribution in [0.2, 0.25) is 0 Å². The molecule has 0 bridgehead atoms. The van der Waals surface area contributed by atoms with Crippen molar-refractivity contribution in [1.29, 1.82) is 0 Å². The Labute approximate surface area is 66.0 Å². The number of nitrogens with zero attached hydrogens (tertiary/aromatic N) is 2. The van der Waals surface area contributed by atoms with Crippen LogP contribution in [0.4, 0.5) is 0 Å². The van der Waals surface area contributed by atoms with Gasteiger partial charge in [-0.25, -0.2) is 0 Å². The van der Waals surface area contributed by atoms with Crippen molar-refractivity contribution in [2.24, 2.45) is 0 Å². The molecule has 11 heavy (non-hydrogen) atoms. The highest BCUT2D eigenvalue weighted by atomic mass is 16.1. The van der Waals surface area contributed by atoms with E-state index in [9.17, 15) is 4.79 Å². The molecule has 1 aromatic rings. The molecule has 0 atom stereocenters. The van der Waals surface area contributed by atoms with Crippen LogP contribution in [0.15, 0.2) is 6.07 Å². The van der Waals surface area contributed by atoms with Gasteiger partial charge >= 0.3 is 0 Å². The molecular formula is C8H12N2O. The molecule has 0 aromatic carbocycles. The Morgan fingerprint density at radius 2 is 2.27 bits per heavy atom. The summed E-state index contributed by atoms with van der Waals surface area (Å²) < 4.78 is 1.72. The second-order valence-corrected chi connectivity index (χ2v) is 2.79. The molecule has 0 aliphatic rings. The number of aryl methyl sites for hydroxylation is 2. The number of carbonyl (C=O) groups is 1. The van der Waals surface area contributed by atoms with E-state index in [1.165, 1.54) is 0 Å². The predicted octanol–water partition coefficient (Wildman–Crippen LogP) is 1.09. The second-order valence-electron chi connectivity index (χ2n) is 2.79. The number of rotatable bonds is 2. The topological polar surface area (TPSA) is 34.9 Å². The van der Waals surface area contributed by atoms with Crippen LogP contribution in [0.5, 0.6) is 0 Å². The van der Waals surface area contributed by atoms with Gasteiger partial charge in [0.05, 0.1) is 12.2 Å². The van der Waals surface area contributed by atoms with Crippen molar-refractivity contribution in [3.63, 3.8) is 0 Å². The van der Waals surface area contributed by atoms with Gasteiger partial charge in [-0.05, 0) is 26.8 Å². The molecule has 0 N–H and O–H groups in total. The van der Waals surface area contributed by atoms with E-state index in [2.05, 4.69) is 5.10 Å². The summed E-state index contributed by atoms with van der Waals surface area (Å²) >= 11 is 0. The van der Waals surface area contributed by atoms with Crippen molar-refractivity contribution < 1.29 is 4.79 Å². The van der Waals surface area contributed by atoms with Gasteiger partial charge in [0.15, 0.2) is 5.78 Å². The van der Waals surface area contributed by atoms with E-state index in [-0.39, 0.29) is 5.78 Å². The molecule has 3 nitrogen and oxygen atoms in total. The molecule has 1 aromatic heterocycles. The van der Waals surface area contributed by atoms with Gasteiger partial charge in [-0.15, -0.1) is 0 Å². The zero-order valence-corrected chi connectivity index (χ0v) is 7.09. The SMILES string of the molecule is CC(=O)Cn1nc(C)cc1C. The van der Waals surface area contributed by atoms with Gasteiger partial charge in [-0.1, -0.05) is 0 Å². The lowest BCUT2D eigenvalue weighted by Gasteiger charge is -1.98. The third kappa shape index (κ3) is 1.90. The normalized spacial score (nSPS) is 10.1. The lowest BCUT2D eigenvalue weighted by atomic mass is 10.4. The van der Waals surface area contributed by atoms with Gasteiger partial charge in [-0.2, -0.15) is 5.10 Å². The van der Waals surface area contributed by atoms with Gasteiger partial charge in [0.1, 0.15) is 0 Å². The van der Waals surface area contributed by atoms with E-state index in [0.29, 0.717) is 6.54 Å². The van der Waals surface area contributed by atoms with Crippen molar-refractivity contribution in [1.82, 2.24) is 9.78 Å². The summed E-state index contributed by atoms with van der Waals surface area (Å²) in [5, 5.41) is 4.15. The molecule has 0 fully saturated rings. The lowest BCUT2D eigenvalue weighted by Crippen LogP contribution is -2.09. The van der Waals surface area contributed by atoms with Crippen molar-refractivity contribution in [2.45, 2.75) is 27.3 Å². The maximum absolute atomic E-state index is 10.7. The van der Waals surface area contributed by atoms with E-state index in [0.717, 1.165) is 11.4 Å². The highest BCUT2D eigenvalue weighted by Crippen LogP contribution is 2.00. The van der Waals surface area contributed by atoms with E-state index in [4.69, 9.17) is 0 Å². The first-order valence-corrected chi connectivity index (χ1v) is 3.60. The predicted molar refractivity (Wildman–Crippen MR) is 42.4 cm³/mol. The van der Waals surface area contributed by atoms with Crippen LogP contribution in [0.25, 0.3) is 0 Å². The minimum atomic E-state index is 0.135. The fourth-order valence-electron chi connectivity index (χ4n) is 1.05. The van der Waals surface area contributed by atoms with Gasteiger partial charge in [0.25, 0.3) is 0 Å². The fourth-order valence-corrected chi connectivity index (χ4v) is 1.05. The monoisotopic (exact) mass is 152 g/mol. The Morgan fingerprint density at radius 3 is 2.64 bits per heavy atom. The number of carbonyl (C=O) groups excluding carboxylic acids is 1. The number of Topliss-reactive ketones (excluding diaryl/α,β-unsaturated/α-hetero) is 1. The molecule has 60 valence electrons. The third-order valence-electron chi connectivity index (χ3n) is 1.48. The average molecular weight is 152 g/mol. The second kappa shape index (κ2) is 2.86. The minimum Gasteiger partial charge on any atom is -0.298 e. The first-order valence-electron chi connectivity index (χ1n) is 3.60. The van der Waals surface area contributed by atoms with Crippen molar-refractivity contribution in [2.75, 3.05) is 0 Å². The van der Waals surface area contributed by atoms with Crippen LogP contribution in [0, 0.1) is 13.8 Å². The average Bonchev–Trinajstić information content (AvgIpc) is 2.09. The molecule has 0 radical (unpaired) electrons. The van der Waals surface area contributed by atoms with Gasteiger partial charge < -0.3 is 0 Å². The van der Waals surface area contributed by atoms with E-state index in [1.54, 1.807) is 11.6 Å². The molecule has 0 aliphatic heterocycles. The summed E-state index contributed by atoms with van der Waals surface area (Å²) in [7, 11) is 0. The van der Waals surface area contributed by atoms with Gasteiger partial charge in [-0.3, -0.25) is 9.48 Å². The van der Waals surface area contributed by atoms with E-state index < -0.39 is 0 Å². The maximum atomic E-state index is 10.7. The molecule has 1 heterocycles. The van der Waals surface area contributed by atoms with E-state index in [1.807, 2.05) is 19.9 Å². The molecule has 0 spiro atoms. The Morgan fingerprint density at radius 1 is 1.64 bits per heavy atom. The third-order valence-corrected chi connectivity index (χ3v) is 1.48.